The maximum Gasteiger partial charge on any atom is 0.230 e. The maximum atomic E-state index is 12.3. The molecule has 0 radical (unpaired) electrons. The molecule has 0 bridgehead atoms. The van der Waals surface area contributed by atoms with Gasteiger partial charge in [-0.3, -0.25) is 9.69 Å². The van der Waals surface area contributed by atoms with E-state index in [1.165, 1.54) is 33.5 Å². The molecule has 4 aromatic rings. The van der Waals surface area contributed by atoms with Crippen molar-refractivity contribution < 1.29 is 4.79 Å². The molecule has 0 saturated carbocycles. The summed E-state index contributed by atoms with van der Waals surface area (Å²) in [5, 5.41) is 17.4. The Hall–Kier alpha value is -2.56. The molecule has 0 unspecified atom stereocenters. The quantitative estimate of drug-likeness (QED) is 0.355. The molecule has 0 aliphatic carbocycles. The summed E-state index contributed by atoms with van der Waals surface area (Å²) >= 11 is 4.67. The zero-order chi connectivity index (χ0) is 20.9. The summed E-state index contributed by atoms with van der Waals surface area (Å²) in [6, 6.07) is 12.1. The second-order valence-corrected chi connectivity index (χ2v) is 9.29. The fourth-order valence-electron chi connectivity index (χ4n) is 2.86. The van der Waals surface area contributed by atoms with Crippen LogP contribution in [0, 0.1) is 0 Å². The molecule has 30 heavy (non-hydrogen) atoms. The van der Waals surface area contributed by atoms with Crippen LogP contribution >= 0.6 is 34.4 Å². The first-order valence-corrected chi connectivity index (χ1v) is 12.1. The third-order valence-electron chi connectivity index (χ3n) is 4.38. The molecule has 0 N–H and O–H groups in total. The topological polar surface area (TPSA) is 76.8 Å². The summed E-state index contributed by atoms with van der Waals surface area (Å²) in [4.78, 5) is 19.8. The minimum Gasteiger partial charge on any atom is -0.274 e. The molecule has 4 rings (SSSR count). The number of rotatable bonds is 8. The number of hydrogen-bond donors (Lipinski definition) is 0. The molecule has 1 amide bonds. The molecule has 0 aliphatic heterocycles. The first kappa shape index (κ1) is 20.7. The Bertz CT molecular complexity index is 1100. The van der Waals surface area contributed by atoms with E-state index in [9.17, 15) is 4.79 Å². The van der Waals surface area contributed by atoms with Crippen molar-refractivity contribution in [3.8, 4) is 0 Å². The number of tetrazole rings is 1. The third kappa shape index (κ3) is 4.77. The van der Waals surface area contributed by atoms with Crippen LogP contribution < -0.4 is 4.90 Å². The fourth-order valence-corrected chi connectivity index (χ4v) is 5.31. The molecule has 154 valence electrons. The van der Waals surface area contributed by atoms with E-state index in [0.717, 1.165) is 23.0 Å². The van der Waals surface area contributed by atoms with Crippen LogP contribution in [0.25, 0.3) is 0 Å². The number of benzene rings is 1. The van der Waals surface area contributed by atoms with E-state index in [1.54, 1.807) is 27.8 Å². The monoisotopic (exact) mass is 456 g/mol. The Labute approximate surface area is 186 Å². The average Bonchev–Trinajstić information content (AvgIpc) is 3.50. The van der Waals surface area contributed by atoms with Crippen molar-refractivity contribution in [3.05, 3.63) is 63.3 Å². The van der Waals surface area contributed by atoms with Gasteiger partial charge in [0.1, 0.15) is 0 Å². The number of nitrogens with zero attached hydrogens (tertiary/aromatic N) is 6. The lowest BCUT2D eigenvalue weighted by molar-refractivity contribution is -0.115. The highest BCUT2D eigenvalue weighted by Crippen LogP contribution is 2.31. The molecule has 0 atom stereocenters. The Kier molecular flexibility index (Phi) is 6.56. The van der Waals surface area contributed by atoms with Gasteiger partial charge in [0.25, 0.3) is 0 Å². The number of anilines is 2. The second-order valence-electron chi connectivity index (χ2n) is 6.48. The van der Waals surface area contributed by atoms with Crippen LogP contribution in [0.3, 0.4) is 0 Å². The van der Waals surface area contributed by atoms with Crippen molar-refractivity contribution in [1.29, 1.82) is 0 Å². The zero-order valence-electron chi connectivity index (χ0n) is 16.6. The minimum atomic E-state index is -0.0623. The number of hydrogen-bond acceptors (Lipinski definition) is 8. The molecular formula is C20H20N6OS3. The summed E-state index contributed by atoms with van der Waals surface area (Å²) in [7, 11) is 0. The molecule has 10 heteroatoms. The normalized spacial score (nSPS) is 11.0. The van der Waals surface area contributed by atoms with Crippen LogP contribution in [0.2, 0.25) is 0 Å². The highest BCUT2D eigenvalue weighted by Gasteiger charge is 2.18. The molecule has 3 aromatic heterocycles. The van der Waals surface area contributed by atoms with Crippen LogP contribution in [0.5, 0.6) is 0 Å². The van der Waals surface area contributed by atoms with Crippen LogP contribution in [0.4, 0.5) is 10.8 Å². The van der Waals surface area contributed by atoms with Gasteiger partial charge in [-0.05, 0) is 46.0 Å². The Balaban J connectivity index is 1.46. The molecule has 7 nitrogen and oxygen atoms in total. The molecule has 0 saturated heterocycles. The number of thiophene rings is 1. The van der Waals surface area contributed by atoms with E-state index in [4.69, 9.17) is 0 Å². The number of carbonyl (C=O) groups is 1. The number of aromatic nitrogens is 5. The predicted octanol–water partition coefficient (Wildman–Crippen LogP) is 4.78. The van der Waals surface area contributed by atoms with Gasteiger partial charge in [-0.2, -0.15) is 0 Å². The second kappa shape index (κ2) is 9.50. The van der Waals surface area contributed by atoms with E-state index in [1.807, 2.05) is 41.1 Å². The first-order chi connectivity index (χ1) is 14.6. The summed E-state index contributed by atoms with van der Waals surface area (Å²) in [6.45, 7) is 4.32. The number of amides is 1. The van der Waals surface area contributed by atoms with Gasteiger partial charge in [0.2, 0.25) is 11.1 Å². The summed E-state index contributed by atoms with van der Waals surface area (Å²) in [5.74, 6) is 0.564. The molecule has 3 heterocycles. The highest BCUT2D eigenvalue weighted by molar-refractivity contribution is 7.98. The van der Waals surface area contributed by atoms with E-state index >= 15 is 0 Å². The van der Waals surface area contributed by atoms with Gasteiger partial charge >= 0.3 is 0 Å². The van der Waals surface area contributed by atoms with Crippen molar-refractivity contribution in [3.63, 3.8) is 0 Å². The van der Waals surface area contributed by atoms with Crippen molar-refractivity contribution in [2.45, 2.75) is 37.7 Å². The lowest BCUT2D eigenvalue weighted by Crippen LogP contribution is -2.22. The van der Waals surface area contributed by atoms with E-state index < -0.39 is 0 Å². The van der Waals surface area contributed by atoms with Crippen molar-refractivity contribution >= 4 is 51.2 Å². The van der Waals surface area contributed by atoms with Crippen LogP contribution in [-0.4, -0.2) is 31.1 Å². The van der Waals surface area contributed by atoms with Gasteiger partial charge in [-0.15, -0.1) is 27.8 Å². The SMILES string of the molecule is CCc1ccc(N(C(C)=O)c2nc(CSc3nnnn3Cc3cccs3)cs2)cc1. The fraction of sp³-hybridized carbons (Fsp3) is 0.250. The Morgan fingerprint density at radius 3 is 2.73 bits per heavy atom. The Morgan fingerprint density at radius 2 is 2.03 bits per heavy atom. The van der Waals surface area contributed by atoms with Gasteiger partial charge in [-0.25, -0.2) is 9.67 Å². The molecule has 0 spiro atoms. The molecule has 0 aliphatic rings. The van der Waals surface area contributed by atoms with Crippen molar-refractivity contribution in [2.24, 2.45) is 0 Å². The van der Waals surface area contributed by atoms with E-state index in [0.29, 0.717) is 17.4 Å². The largest absolute Gasteiger partial charge is 0.274 e. The number of aryl methyl sites for hydroxylation is 1. The Morgan fingerprint density at radius 1 is 1.20 bits per heavy atom. The number of thiazole rings is 1. The van der Waals surface area contributed by atoms with Crippen LogP contribution in [0.1, 0.15) is 30.0 Å². The van der Waals surface area contributed by atoms with Gasteiger partial charge < -0.3 is 0 Å². The van der Waals surface area contributed by atoms with Crippen LogP contribution in [0.15, 0.2) is 52.3 Å². The lowest BCUT2D eigenvalue weighted by atomic mass is 10.1. The first-order valence-electron chi connectivity index (χ1n) is 9.39. The predicted molar refractivity (Wildman–Crippen MR) is 122 cm³/mol. The number of carbonyl (C=O) groups excluding carboxylic acids is 1. The van der Waals surface area contributed by atoms with Gasteiger partial charge in [0.15, 0.2) is 5.13 Å². The smallest absolute Gasteiger partial charge is 0.230 e. The van der Waals surface area contributed by atoms with Crippen molar-refractivity contribution in [2.75, 3.05) is 4.90 Å². The summed E-state index contributed by atoms with van der Waals surface area (Å²) in [5.41, 5.74) is 2.95. The third-order valence-corrected chi connectivity index (χ3v) is 7.11. The summed E-state index contributed by atoms with van der Waals surface area (Å²) in [6.07, 6.45) is 0.963. The molecular weight excluding hydrogens is 436 g/mol. The zero-order valence-corrected chi connectivity index (χ0v) is 19.0. The molecule has 0 fully saturated rings. The summed E-state index contributed by atoms with van der Waals surface area (Å²) < 4.78 is 1.79. The average molecular weight is 457 g/mol. The number of thioether (sulfide) groups is 1. The minimum absolute atomic E-state index is 0.0623. The standard InChI is InChI=1S/C20H20N6OS3/c1-3-15-6-8-17(9-7-15)26(14(2)27)19-21-16(12-29-19)13-30-20-22-23-24-25(20)11-18-5-4-10-28-18/h4-10,12H,3,11,13H2,1-2H3. The van der Waals surface area contributed by atoms with Gasteiger partial charge in [-0.1, -0.05) is 36.9 Å². The molecule has 1 aromatic carbocycles. The van der Waals surface area contributed by atoms with Gasteiger partial charge in [0, 0.05) is 22.9 Å². The van der Waals surface area contributed by atoms with E-state index in [2.05, 4.69) is 33.5 Å². The van der Waals surface area contributed by atoms with Crippen molar-refractivity contribution in [1.82, 2.24) is 25.2 Å². The van der Waals surface area contributed by atoms with E-state index in [-0.39, 0.29) is 5.91 Å². The lowest BCUT2D eigenvalue weighted by Gasteiger charge is -2.18. The highest BCUT2D eigenvalue weighted by atomic mass is 32.2. The maximum absolute atomic E-state index is 12.3. The van der Waals surface area contributed by atoms with Crippen LogP contribution in [-0.2, 0) is 23.5 Å². The van der Waals surface area contributed by atoms with Gasteiger partial charge in [0.05, 0.1) is 17.9 Å².